The molecule has 1 saturated carbocycles. The van der Waals surface area contributed by atoms with Crippen LogP contribution in [-0.4, -0.2) is 31.1 Å². The van der Waals surface area contributed by atoms with Crippen LogP contribution in [-0.2, 0) is 20.7 Å². The van der Waals surface area contributed by atoms with E-state index in [4.69, 9.17) is 9.47 Å². The first-order valence-corrected chi connectivity index (χ1v) is 9.14. The van der Waals surface area contributed by atoms with Gasteiger partial charge in [0.05, 0.1) is 13.5 Å². The number of carbonyl (C=O) groups excluding carboxylic acids is 2. The van der Waals surface area contributed by atoms with E-state index < -0.39 is 17.9 Å². The molecule has 6 heteroatoms. The molecule has 26 heavy (non-hydrogen) atoms. The van der Waals surface area contributed by atoms with Gasteiger partial charge in [-0.3, -0.25) is 9.59 Å². The lowest BCUT2D eigenvalue weighted by atomic mass is 9.78. The summed E-state index contributed by atoms with van der Waals surface area (Å²) in [5, 5.41) is 3.00. The summed E-state index contributed by atoms with van der Waals surface area (Å²) in [6.07, 6.45) is 2.23. The topological polar surface area (TPSA) is 64.6 Å². The molecule has 1 aromatic rings. The van der Waals surface area contributed by atoms with E-state index in [2.05, 4.69) is 19.2 Å². The van der Waals surface area contributed by atoms with Gasteiger partial charge in [0.25, 0.3) is 5.91 Å². The monoisotopic (exact) mass is 365 g/mol. The van der Waals surface area contributed by atoms with Gasteiger partial charge in [-0.15, -0.1) is 0 Å². The van der Waals surface area contributed by atoms with E-state index in [9.17, 15) is 14.0 Å². The number of hydrogen-bond donors (Lipinski definition) is 1. The molecule has 1 aromatic carbocycles. The highest BCUT2D eigenvalue weighted by Gasteiger charge is 2.30. The molecule has 1 aliphatic carbocycles. The van der Waals surface area contributed by atoms with E-state index in [0.717, 1.165) is 12.8 Å². The minimum atomic E-state index is -0.880. The average Bonchev–Trinajstić information content (AvgIpc) is 2.59. The lowest BCUT2D eigenvalue weighted by Gasteiger charge is -2.35. The molecule has 0 aliphatic heterocycles. The van der Waals surface area contributed by atoms with Crippen molar-refractivity contribution in [2.24, 2.45) is 11.8 Å². The maximum atomic E-state index is 13.7. The van der Waals surface area contributed by atoms with E-state index >= 15 is 0 Å². The molecular formula is C20H28FNO4. The Bertz CT molecular complexity index is 649. The van der Waals surface area contributed by atoms with Crippen molar-refractivity contribution in [1.82, 2.24) is 5.32 Å². The van der Waals surface area contributed by atoms with E-state index in [-0.39, 0.29) is 24.1 Å². The summed E-state index contributed by atoms with van der Waals surface area (Å²) in [6.45, 7) is 5.89. The lowest BCUT2D eigenvalue weighted by Crippen LogP contribution is -2.47. The van der Waals surface area contributed by atoms with Crippen molar-refractivity contribution >= 4 is 11.9 Å². The van der Waals surface area contributed by atoms with Gasteiger partial charge in [-0.1, -0.05) is 32.8 Å². The minimum Gasteiger partial charge on any atom is -0.494 e. The van der Waals surface area contributed by atoms with Gasteiger partial charge in [-0.2, -0.15) is 0 Å². The van der Waals surface area contributed by atoms with Gasteiger partial charge >= 0.3 is 5.97 Å². The highest BCUT2D eigenvalue weighted by molar-refractivity contribution is 5.84. The first-order chi connectivity index (χ1) is 12.3. The van der Waals surface area contributed by atoms with Crippen LogP contribution in [0.4, 0.5) is 4.39 Å². The molecule has 0 unspecified atom stereocenters. The zero-order valence-electron chi connectivity index (χ0n) is 15.9. The second-order valence-electron chi connectivity index (χ2n) is 7.16. The first-order valence-electron chi connectivity index (χ1n) is 9.14. The second-order valence-corrected chi connectivity index (χ2v) is 7.16. The summed E-state index contributed by atoms with van der Waals surface area (Å²) in [6, 6.07) is 4.40. The fraction of sp³-hybridized carbons (Fsp3) is 0.600. The van der Waals surface area contributed by atoms with E-state index in [1.165, 1.54) is 25.7 Å². The Morgan fingerprint density at radius 2 is 2.04 bits per heavy atom. The fourth-order valence-corrected chi connectivity index (χ4v) is 3.36. The number of methoxy groups -OCH3 is 1. The number of rotatable bonds is 6. The van der Waals surface area contributed by atoms with Crippen LogP contribution < -0.4 is 10.1 Å². The molecule has 0 saturated heterocycles. The maximum absolute atomic E-state index is 13.7. The van der Waals surface area contributed by atoms with Gasteiger partial charge in [0.2, 0.25) is 0 Å². The normalized spacial score (nSPS) is 23.8. The third-order valence-corrected chi connectivity index (χ3v) is 5.28. The summed E-state index contributed by atoms with van der Waals surface area (Å²) < 4.78 is 23.7. The molecule has 0 spiro atoms. The van der Waals surface area contributed by atoms with Crippen LogP contribution >= 0.6 is 0 Å². The Labute approximate surface area is 154 Å². The lowest BCUT2D eigenvalue weighted by molar-refractivity contribution is -0.154. The smallest absolute Gasteiger partial charge is 0.311 e. The SMILES string of the molecule is COc1ccc(CC(=O)O[C@H](C)C(=O)N[C@@H]2CCC[C@@H](C)[C@H]2C)cc1F. The van der Waals surface area contributed by atoms with Gasteiger partial charge < -0.3 is 14.8 Å². The molecule has 0 radical (unpaired) electrons. The molecule has 0 aromatic heterocycles. The quantitative estimate of drug-likeness (QED) is 0.786. The van der Waals surface area contributed by atoms with E-state index in [1.807, 2.05) is 0 Å². The van der Waals surface area contributed by atoms with Crippen LogP contribution in [0.2, 0.25) is 0 Å². The summed E-state index contributed by atoms with van der Waals surface area (Å²) >= 11 is 0. The van der Waals surface area contributed by atoms with Crippen LogP contribution in [0, 0.1) is 17.7 Å². The molecule has 5 nitrogen and oxygen atoms in total. The van der Waals surface area contributed by atoms with Crippen LogP contribution in [0.5, 0.6) is 5.75 Å². The number of nitrogens with one attached hydrogen (secondary N) is 1. The summed E-state index contributed by atoms with van der Waals surface area (Å²) in [4.78, 5) is 24.4. The number of ether oxygens (including phenoxy) is 2. The van der Waals surface area contributed by atoms with Crippen molar-refractivity contribution in [1.29, 1.82) is 0 Å². The van der Waals surface area contributed by atoms with Crippen molar-refractivity contribution in [3.8, 4) is 5.75 Å². The third-order valence-electron chi connectivity index (χ3n) is 5.28. The number of benzene rings is 1. The summed E-state index contributed by atoms with van der Waals surface area (Å²) in [5.74, 6) is -0.308. The summed E-state index contributed by atoms with van der Waals surface area (Å²) in [7, 11) is 1.38. The Balaban J connectivity index is 1.86. The van der Waals surface area contributed by atoms with Gasteiger partial charge in [-0.25, -0.2) is 4.39 Å². The van der Waals surface area contributed by atoms with Gasteiger partial charge in [0, 0.05) is 6.04 Å². The Morgan fingerprint density at radius 1 is 1.31 bits per heavy atom. The number of esters is 1. The first kappa shape index (κ1) is 20.2. The molecular weight excluding hydrogens is 337 g/mol. The molecule has 1 N–H and O–H groups in total. The van der Waals surface area contributed by atoms with Gasteiger partial charge in [0.1, 0.15) is 0 Å². The largest absolute Gasteiger partial charge is 0.494 e. The highest BCUT2D eigenvalue weighted by atomic mass is 19.1. The molecule has 2 rings (SSSR count). The zero-order valence-corrected chi connectivity index (χ0v) is 15.9. The molecule has 1 amide bonds. The zero-order chi connectivity index (χ0) is 19.3. The molecule has 0 bridgehead atoms. The van der Waals surface area contributed by atoms with Crippen molar-refractivity contribution < 1.29 is 23.5 Å². The Morgan fingerprint density at radius 3 is 2.69 bits per heavy atom. The molecule has 0 heterocycles. The predicted molar refractivity (Wildman–Crippen MR) is 96.3 cm³/mol. The van der Waals surface area contributed by atoms with Gasteiger partial charge in [0.15, 0.2) is 17.7 Å². The van der Waals surface area contributed by atoms with Crippen LogP contribution in [0.15, 0.2) is 18.2 Å². The highest BCUT2D eigenvalue weighted by Crippen LogP contribution is 2.29. The van der Waals surface area contributed by atoms with E-state index in [0.29, 0.717) is 17.4 Å². The van der Waals surface area contributed by atoms with Crippen molar-refractivity contribution in [3.63, 3.8) is 0 Å². The van der Waals surface area contributed by atoms with Crippen molar-refractivity contribution in [2.75, 3.05) is 7.11 Å². The number of hydrogen-bond acceptors (Lipinski definition) is 4. The number of halogens is 1. The van der Waals surface area contributed by atoms with Crippen molar-refractivity contribution in [3.05, 3.63) is 29.6 Å². The van der Waals surface area contributed by atoms with Crippen LogP contribution in [0.1, 0.15) is 45.6 Å². The third kappa shape index (κ3) is 5.19. The number of amides is 1. The molecule has 1 aliphatic rings. The molecule has 1 fully saturated rings. The number of carbonyl (C=O) groups is 2. The van der Waals surface area contributed by atoms with Crippen LogP contribution in [0.25, 0.3) is 0 Å². The van der Waals surface area contributed by atoms with E-state index in [1.54, 1.807) is 13.0 Å². The average molecular weight is 365 g/mol. The van der Waals surface area contributed by atoms with Crippen molar-refractivity contribution in [2.45, 2.75) is 58.6 Å². The molecule has 144 valence electrons. The Kier molecular flexibility index (Phi) is 7.00. The molecule has 4 atom stereocenters. The van der Waals surface area contributed by atoms with Gasteiger partial charge in [-0.05, 0) is 42.9 Å². The summed E-state index contributed by atoms with van der Waals surface area (Å²) in [5.41, 5.74) is 0.468. The standard InChI is InChI=1S/C20H28FNO4/c1-12-6-5-7-17(13(12)2)22-20(24)14(3)26-19(23)11-15-8-9-18(25-4)16(21)10-15/h8-10,12-14,17H,5-7,11H2,1-4H3,(H,22,24)/t12-,13-,14-,17-/m1/s1. The maximum Gasteiger partial charge on any atom is 0.311 e. The fourth-order valence-electron chi connectivity index (χ4n) is 3.36. The minimum absolute atomic E-state index is 0.102. The Hall–Kier alpha value is -2.11. The predicted octanol–water partition coefficient (Wildman–Crippen LogP) is 3.25. The van der Waals surface area contributed by atoms with Crippen LogP contribution in [0.3, 0.4) is 0 Å². The second kappa shape index (κ2) is 9.01.